The quantitative estimate of drug-likeness (QED) is 0.780. The monoisotopic (exact) mass is 346 g/mol. The van der Waals surface area contributed by atoms with E-state index in [1.54, 1.807) is 16.7 Å². The summed E-state index contributed by atoms with van der Waals surface area (Å²) < 4.78 is 6.06. The van der Waals surface area contributed by atoms with E-state index in [1.165, 1.54) is 6.08 Å². The van der Waals surface area contributed by atoms with Gasteiger partial charge in [-0.15, -0.1) is 0 Å². The fourth-order valence-electron chi connectivity index (χ4n) is 3.76. The van der Waals surface area contributed by atoms with Crippen LogP contribution in [0.1, 0.15) is 53.7 Å². The number of rotatable bonds is 4. The third-order valence-corrected chi connectivity index (χ3v) is 4.61. The number of amides is 2. The van der Waals surface area contributed by atoms with Crippen molar-refractivity contribution in [3.05, 3.63) is 30.5 Å². The first-order valence-electron chi connectivity index (χ1n) is 8.81. The summed E-state index contributed by atoms with van der Waals surface area (Å²) in [7, 11) is 0. The van der Waals surface area contributed by atoms with E-state index in [1.807, 2.05) is 12.1 Å². The number of carbonyl (C=O) groups excluding carboxylic acids is 2. The Morgan fingerprint density at radius 2 is 1.92 bits per heavy atom. The zero-order valence-corrected chi connectivity index (χ0v) is 16.3. The van der Waals surface area contributed by atoms with Crippen LogP contribution in [0.25, 0.3) is 0 Å². The average molecular weight is 346 g/mol. The van der Waals surface area contributed by atoms with Crippen LogP contribution in [0.15, 0.2) is 29.2 Å². The SMILES string of the molecule is C=CC(=O)N1CCN(c2ccc(C(C)(C)CC(C)(C)C)o2)C(=O)C1C. The summed E-state index contributed by atoms with van der Waals surface area (Å²) in [6, 6.07) is 3.30. The van der Waals surface area contributed by atoms with Gasteiger partial charge in [-0.05, 0) is 30.9 Å². The molecule has 2 heterocycles. The molecule has 0 radical (unpaired) electrons. The van der Waals surface area contributed by atoms with Gasteiger partial charge >= 0.3 is 0 Å². The highest BCUT2D eigenvalue weighted by atomic mass is 16.4. The topological polar surface area (TPSA) is 53.8 Å². The maximum atomic E-state index is 12.7. The molecular weight excluding hydrogens is 316 g/mol. The summed E-state index contributed by atoms with van der Waals surface area (Å²) in [5, 5.41) is 0. The number of hydrogen-bond acceptors (Lipinski definition) is 3. The Bertz CT molecular complexity index is 667. The van der Waals surface area contributed by atoms with Gasteiger partial charge in [-0.2, -0.15) is 0 Å². The predicted octanol–water partition coefficient (Wildman–Crippen LogP) is 3.74. The Hall–Kier alpha value is -2.04. The molecule has 0 aromatic carbocycles. The molecule has 5 nitrogen and oxygen atoms in total. The van der Waals surface area contributed by atoms with Gasteiger partial charge in [0.05, 0.1) is 0 Å². The van der Waals surface area contributed by atoms with E-state index >= 15 is 0 Å². The van der Waals surface area contributed by atoms with Crippen LogP contribution in [0.5, 0.6) is 0 Å². The highest BCUT2D eigenvalue weighted by molar-refractivity contribution is 6.00. The van der Waals surface area contributed by atoms with E-state index < -0.39 is 6.04 Å². The predicted molar refractivity (Wildman–Crippen MR) is 99.5 cm³/mol. The van der Waals surface area contributed by atoms with Crippen LogP contribution < -0.4 is 4.90 Å². The zero-order chi connectivity index (χ0) is 19.0. The number of hydrogen-bond donors (Lipinski definition) is 0. The van der Waals surface area contributed by atoms with Crippen LogP contribution in [-0.4, -0.2) is 35.8 Å². The summed E-state index contributed by atoms with van der Waals surface area (Å²) in [6.45, 7) is 17.1. The summed E-state index contributed by atoms with van der Waals surface area (Å²) >= 11 is 0. The fraction of sp³-hybridized carbons (Fsp3) is 0.600. The molecule has 0 bridgehead atoms. The Labute approximate surface area is 150 Å². The molecular formula is C20H30N2O3. The molecule has 1 atom stereocenters. The van der Waals surface area contributed by atoms with E-state index in [4.69, 9.17) is 4.42 Å². The van der Waals surface area contributed by atoms with Crippen molar-refractivity contribution in [1.82, 2.24) is 4.90 Å². The number of carbonyl (C=O) groups is 2. The van der Waals surface area contributed by atoms with Crippen LogP contribution >= 0.6 is 0 Å². The molecule has 1 unspecified atom stereocenters. The van der Waals surface area contributed by atoms with Gasteiger partial charge in [0, 0.05) is 24.6 Å². The standard InChI is InChI=1S/C20H30N2O3/c1-8-16(23)21-11-12-22(18(24)14(21)2)17-10-9-15(25-17)20(6,7)13-19(3,4)5/h8-10,14H,1,11-13H2,2-7H3. The van der Waals surface area contributed by atoms with Crippen LogP contribution in [-0.2, 0) is 15.0 Å². The first-order valence-corrected chi connectivity index (χ1v) is 8.81. The molecule has 1 aliphatic heterocycles. The van der Waals surface area contributed by atoms with E-state index in [0.29, 0.717) is 19.0 Å². The maximum absolute atomic E-state index is 12.7. The van der Waals surface area contributed by atoms with Crippen LogP contribution in [0.2, 0.25) is 0 Å². The number of furan rings is 1. The number of nitrogens with zero attached hydrogens (tertiary/aromatic N) is 2. The van der Waals surface area contributed by atoms with Crippen LogP contribution in [0.4, 0.5) is 5.88 Å². The molecule has 1 aromatic heterocycles. The van der Waals surface area contributed by atoms with Crippen molar-refractivity contribution in [3.63, 3.8) is 0 Å². The average Bonchev–Trinajstić information content (AvgIpc) is 2.97. The fourth-order valence-corrected chi connectivity index (χ4v) is 3.76. The molecule has 0 N–H and O–H groups in total. The lowest BCUT2D eigenvalue weighted by Crippen LogP contribution is -2.57. The van der Waals surface area contributed by atoms with Gasteiger partial charge in [-0.25, -0.2) is 0 Å². The second-order valence-electron chi connectivity index (χ2n) is 8.66. The Morgan fingerprint density at radius 3 is 2.48 bits per heavy atom. The Balaban J connectivity index is 2.19. The van der Waals surface area contributed by atoms with Gasteiger partial charge in [0.15, 0.2) is 0 Å². The number of piperazine rings is 1. The third kappa shape index (κ3) is 4.14. The molecule has 0 spiro atoms. The molecule has 25 heavy (non-hydrogen) atoms. The zero-order valence-electron chi connectivity index (χ0n) is 16.3. The molecule has 0 aliphatic carbocycles. The summed E-state index contributed by atoms with van der Waals surface area (Å²) in [4.78, 5) is 27.7. The molecule has 5 heteroatoms. The van der Waals surface area contributed by atoms with Gasteiger partial charge in [0.2, 0.25) is 11.8 Å². The maximum Gasteiger partial charge on any atom is 0.251 e. The van der Waals surface area contributed by atoms with Crippen molar-refractivity contribution in [3.8, 4) is 0 Å². The normalized spacial score (nSPS) is 19.3. The van der Waals surface area contributed by atoms with Crippen molar-refractivity contribution in [2.24, 2.45) is 5.41 Å². The lowest BCUT2D eigenvalue weighted by Gasteiger charge is -2.37. The summed E-state index contributed by atoms with van der Waals surface area (Å²) in [6.07, 6.45) is 2.22. The molecule has 1 fully saturated rings. The third-order valence-electron chi connectivity index (χ3n) is 4.61. The van der Waals surface area contributed by atoms with Gasteiger partial charge in [-0.3, -0.25) is 14.5 Å². The lowest BCUT2D eigenvalue weighted by atomic mass is 9.75. The Morgan fingerprint density at radius 1 is 1.28 bits per heavy atom. The minimum atomic E-state index is -0.518. The first kappa shape index (κ1) is 19.3. The van der Waals surface area contributed by atoms with Crippen molar-refractivity contribution in [2.45, 2.75) is 59.4 Å². The summed E-state index contributed by atoms with van der Waals surface area (Å²) in [5.74, 6) is 1.09. The molecule has 1 aromatic rings. The van der Waals surface area contributed by atoms with Gasteiger partial charge in [0.1, 0.15) is 11.8 Å². The molecule has 1 aliphatic rings. The summed E-state index contributed by atoms with van der Waals surface area (Å²) in [5.41, 5.74) is 0.0588. The largest absolute Gasteiger partial charge is 0.445 e. The van der Waals surface area contributed by atoms with E-state index in [2.05, 4.69) is 41.2 Å². The highest BCUT2D eigenvalue weighted by Gasteiger charge is 2.36. The van der Waals surface area contributed by atoms with Crippen molar-refractivity contribution in [2.75, 3.05) is 18.0 Å². The molecule has 1 saturated heterocycles. The lowest BCUT2D eigenvalue weighted by molar-refractivity contribution is -0.137. The minimum Gasteiger partial charge on any atom is -0.445 e. The van der Waals surface area contributed by atoms with Gasteiger partial charge in [0.25, 0.3) is 5.91 Å². The van der Waals surface area contributed by atoms with Crippen molar-refractivity contribution < 1.29 is 14.0 Å². The van der Waals surface area contributed by atoms with Crippen LogP contribution in [0.3, 0.4) is 0 Å². The van der Waals surface area contributed by atoms with Gasteiger partial charge in [-0.1, -0.05) is 41.2 Å². The molecule has 0 saturated carbocycles. The second kappa shape index (κ2) is 6.70. The van der Waals surface area contributed by atoms with Crippen molar-refractivity contribution in [1.29, 1.82) is 0 Å². The smallest absolute Gasteiger partial charge is 0.251 e. The van der Waals surface area contributed by atoms with Crippen LogP contribution in [0, 0.1) is 5.41 Å². The van der Waals surface area contributed by atoms with Crippen molar-refractivity contribution >= 4 is 17.7 Å². The molecule has 2 rings (SSSR count). The molecule has 138 valence electrons. The molecule has 2 amide bonds. The second-order valence-corrected chi connectivity index (χ2v) is 8.66. The Kier molecular flexibility index (Phi) is 5.17. The van der Waals surface area contributed by atoms with E-state index in [9.17, 15) is 9.59 Å². The van der Waals surface area contributed by atoms with E-state index in [0.717, 1.165) is 12.2 Å². The highest BCUT2D eigenvalue weighted by Crippen LogP contribution is 2.38. The first-order chi connectivity index (χ1) is 11.5. The number of anilines is 1. The van der Waals surface area contributed by atoms with Gasteiger partial charge < -0.3 is 9.32 Å². The minimum absolute atomic E-state index is 0.119. The van der Waals surface area contributed by atoms with E-state index in [-0.39, 0.29) is 22.6 Å².